The number of alkyl halides is 4. The maximum Gasteiger partial charge on any atom is 0.407 e. The molecule has 0 aromatic heterocycles. The van der Waals surface area contributed by atoms with Gasteiger partial charge in [0.2, 0.25) is 0 Å². The normalized spacial score (nSPS) is 22.3. The standard InChI is InChI=1S/C16H14F4O2Si/c17-15(18)11-21-23(22-12-16(15,19)20,13-7-3-1-4-8-13)14-9-5-2-6-10-14/h1-10H,11-12H2. The molecule has 2 nitrogen and oxygen atoms in total. The van der Waals surface area contributed by atoms with Gasteiger partial charge in [0.25, 0.3) is 0 Å². The lowest BCUT2D eigenvalue weighted by Gasteiger charge is -2.29. The van der Waals surface area contributed by atoms with Crippen LogP contribution in [0.5, 0.6) is 0 Å². The first-order chi connectivity index (χ1) is 10.9. The molecule has 1 aliphatic heterocycles. The molecule has 7 heteroatoms. The number of halogens is 4. The maximum absolute atomic E-state index is 13.7. The highest BCUT2D eigenvalue weighted by atomic mass is 28.4. The summed E-state index contributed by atoms with van der Waals surface area (Å²) >= 11 is 0. The second-order valence-electron chi connectivity index (χ2n) is 5.33. The second kappa shape index (κ2) is 5.74. The van der Waals surface area contributed by atoms with Gasteiger partial charge in [0.1, 0.15) is 13.2 Å². The van der Waals surface area contributed by atoms with Gasteiger partial charge in [0, 0.05) is 0 Å². The van der Waals surface area contributed by atoms with Gasteiger partial charge in [-0.25, -0.2) is 0 Å². The van der Waals surface area contributed by atoms with Crippen molar-refractivity contribution in [3.05, 3.63) is 60.7 Å². The van der Waals surface area contributed by atoms with E-state index in [1.165, 1.54) is 0 Å². The van der Waals surface area contributed by atoms with Gasteiger partial charge < -0.3 is 8.85 Å². The summed E-state index contributed by atoms with van der Waals surface area (Å²) in [6.45, 7) is -2.76. The molecule has 0 amide bonds. The molecule has 3 rings (SSSR count). The van der Waals surface area contributed by atoms with Crippen molar-refractivity contribution in [3.63, 3.8) is 0 Å². The predicted molar refractivity (Wildman–Crippen MR) is 79.7 cm³/mol. The Morgan fingerprint density at radius 1 is 0.652 bits per heavy atom. The number of benzene rings is 2. The average Bonchev–Trinajstić information content (AvgIpc) is 2.65. The molecular formula is C16H14F4O2Si. The SMILES string of the molecule is FC1(F)CO[Si](c2ccccc2)(c2ccccc2)OCC1(F)F. The van der Waals surface area contributed by atoms with Gasteiger partial charge in [0.15, 0.2) is 0 Å². The summed E-state index contributed by atoms with van der Waals surface area (Å²) < 4.78 is 65.5. The molecule has 0 saturated carbocycles. The minimum absolute atomic E-state index is 0.514. The van der Waals surface area contributed by atoms with Crippen molar-refractivity contribution in [3.8, 4) is 0 Å². The summed E-state index contributed by atoms with van der Waals surface area (Å²) in [5.41, 5.74) is 0. The Morgan fingerprint density at radius 3 is 1.35 bits per heavy atom. The van der Waals surface area contributed by atoms with E-state index in [0.29, 0.717) is 10.4 Å². The molecular weight excluding hydrogens is 328 g/mol. The summed E-state index contributed by atoms with van der Waals surface area (Å²) in [7, 11) is -3.62. The lowest BCUT2D eigenvalue weighted by Crippen LogP contribution is -2.63. The molecule has 0 aliphatic carbocycles. The molecule has 2 aromatic carbocycles. The van der Waals surface area contributed by atoms with Gasteiger partial charge >= 0.3 is 20.4 Å². The summed E-state index contributed by atoms with van der Waals surface area (Å²) in [5.74, 6) is -8.55. The van der Waals surface area contributed by atoms with E-state index in [9.17, 15) is 17.6 Å². The molecule has 0 spiro atoms. The summed E-state index contributed by atoms with van der Waals surface area (Å²) in [4.78, 5) is 0. The number of hydrogen-bond donors (Lipinski definition) is 0. The molecule has 1 aliphatic rings. The van der Waals surface area contributed by atoms with Crippen molar-refractivity contribution in [2.45, 2.75) is 11.8 Å². The fourth-order valence-electron chi connectivity index (χ4n) is 2.45. The minimum atomic E-state index is -4.27. The Bertz CT molecular complexity index is 605. The van der Waals surface area contributed by atoms with Gasteiger partial charge in [-0.2, -0.15) is 17.6 Å². The first-order valence-electron chi connectivity index (χ1n) is 7.02. The molecule has 0 N–H and O–H groups in total. The first kappa shape index (κ1) is 16.2. The molecule has 0 unspecified atom stereocenters. The third kappa shape index (κ3) is 2.80. The van der Waals surface area contributed by atoms with Crippen molar-refractivity contribution < 1.29 is 26.4 Å². The predicted octanol–water partition coefficient (Wildman–Crippen LogP) is 2.56. The highest BCUT2D eigenvalue weighted by Crippen LogP contribution is 2.38. The summed E-state index contributed by atoms with van der Waals surface area (Å²) in [6.07, 6.45) is 0. The van der Waals surface area contributed by atoms with Crippen molar-refractivity contribution in [1.82, 2.24) is 0 Å². The largest absolute Gasteiger partial charge is 0.407 e. The third-order valence-electron chi connectivity index (χ3n) is 3.76. The molecule has 0 bridgehead atoms. The highest BCUT2D eigenvalue weighted by Gasteiger charge is 2.62. The van der Waals surface area contributed by atoms with Gasteiger partial charge in [-0.1, -0.05) is 60.7 Å². The van der Waals surface area contributed by atoms with Crippen LogP contribution in [0.3, 0.4) is 0 Å². The van der Waals surface area contributed by atoms with Gasteiger partial charge in [-0.05, 0) is 10.4 Å². The summed E-state index contributed by atoms with van der Waals surface area (Å²) in [6, 6.07) is 16.9. The van der Waals surface area contributed by atoms with E-state index in [4.69, 9.17) is 8.85 Å². The lowest BCUT2D eigenvalue weighted by molar-refractivity contribution is -0.222. The van der Waals surface area contributed by atoms with E-state index in [2.05, 4.69) is 0 Å². The Hall–Kier alpha value is -1.70. The van der Waals surface area contributed by atoms with Crippen molar-refractivity contribution in [2.24, 2.45) is 0 Å². The summed E-state index contributed by atoms with van der Waals surface area (Å²) in [5, 5.41) is 1.03. The van der Waals surface area contributed by atoms with E-state index in [1.807, 2.05) is 0 Å². The third-order valence-corrected chi connectivity index (χ3v) is 7.04. The van der Waals surface area contributed by atoms with E-state index in [1.54, 1.807) is 60.7 Å². The van der Waals surface area contributed by atoms with Gasteiger partial charge in [0.05, 0.1) is 0 Å². The first-order valence-corrected chi connectivity index (χ1v) is 8.84. The van der Waals surface area contributed by atoms with E-state index < -0.39 is 33.6 Å². The smallest absolute Gasteiger partial charge is 0.381 e. The van der Waals surface area contributed by atoms with Crippen LogP contribution in [0.15, 0.2) is 60.7 Å². The number of hydrogen-bond acceptors (Lipinski definition) is 2. The lowest BCUT2D eigenvalue weighted by atomic mass is 10.2. The van der Waals surface area contributed by atoms with Crippen LogP contribution in [0.2, 0.25) is 0 Å². The van der Waals surface area contributed by atoms with Crippen LogP contribution in [-0.4, -0.2) is 33.6 Å². The van der Waals surface area contributed by atoms with Crippen molar-refractivity contribution >= 4 is 18.9 Å². The molecule has 122 valence electrons. The fraction of sp³-hybridized carbons (Fsp3) is 0.250. The zero-order chi connectivity index (χ0) is 16.6. The Kier molecular flexibility index (Phi) is 4.03. The molecule has 1 heterocycles. The van der Waals surface area contributed by atoms with Crippen LogP contribution >= 0.6 is 0 Å². The molecule has 0 atom stereocenters. The number of rotatable bonds is 2. The zero-order valence-electron chi connectivity index (χ0n) is 12.0. The van der Waals surface area contributed by atoms with Gasteiger partial charge in [-0.3, -0.25) is 0 Å². The topological polar surface area (TPSA) is 18.5 Å². The van der Waals surface area contributed by atoms with Gasteiger partial charge in [-0.15, -0.1) is 0 Å². The van der Waals surface area contributed by atoms with E-state index >= 15 is 0 Å². The maximum atomic E-state index is 13.7. The second-order valence-corrected chi connectivity index (χ2v) is 8.30. The quantitative estimate of drug-likeness (QED) is 0.617. The van der Waals surface area contributed by atoms with Crippen LogP contribution in [0.4, 0.5) is 17.6 Å². The fourth-order valence-corrected chi connectivity index (χ4v) is 5.57. The van der Waals surface area contributed by atoms with E-state index in [0.717, 1.165) is 0 Å². The average molecular weight is 342 g/mol. The van der Waals surface area contributed by atoms with Crippen molar-refractivity contribution in [2.75, 3.05) is 13.2 Å². The molecule has 23 heavy (non-hydrogen) atoms. The van der Waals surface area contributed by atoms with Crippen LogP contribution in [0.25, 0.3) is 0 Å². The van der Waals surface area contributed by atoms with Crippen LogP contribution in [-0.2, 0) is 8.85 Å². The zero-order valence-corrected chi connectivity index (χ0v) is 13.0. The minimum Gasteiger partial charge on any atom is -0.381 e. The van der Waals surface area contributed by atoms with Crippen LogP contribution in [0, 0.1) is 0 Å². The molecule has 0 radical (unpaired) electrons. The van der Waals surface area contributed by atoms with Crippen molar-refractivity contribution in [1.29, 1.82) is 0 Å². The van der Waals surface area contributed by atoms with Crippen LogP contribution < -0.4 is 10.4 Å². The Balaban J connectivity index is 2.11. The Labute approximate surface area is 131 Å². The molecule has 1 fully saturated rings. The molecule has 2 aromatic rings. The Morgan fingerprint density at radius 2 is 1.00 bits per heavy atom. The monoisotopic (exact) mass is 342 g/mol. The van der Waals surface area contributed by atoms with E-state index in [-0.39, 0.29) is 0 Å². The highest BCUT2D eigenvalue weighted by molar-refractivity contribution is 6.92. The molecule has 1 saturated heterocycles. The van der Waals surface area contributed by atoms with Crippen LogP contribution in [0.1, 0.15) is 0 Å².